The van der Waals surface area contributed by atoms with Crippen LogP contribution in [0.15, 0.2) is 4.47 Å². The Bertz CT molecular complexity index is 515. The number of rotatable bonds is 4. The topological polar surface area (TPSA) is 85.9 Å². The van der Waals surface area contributed by atoms with Crippen molar-refractivity contribution in [2.45, 2.75) is 26.0 Å². The van der Waals surface area contributed by atoms with Crippen LogP contribution in [0.25, 0.3) is 0 Å². The number of sulfone groups is 1. The van der Waals surface area contributed by atoms with Gasteiger partial charge in [0, 0.05) is 6.26 Å². The summed E-state index contributed by atoms with van der Waals surface area (Å²) in [7, 11) is -3.15. The van der Waals surface area contributed by atoms with Gasteiger partial charge in [-0.1, -0.05) is 13.8 Å². The number of nitrogens with two attached hydrogens (primary N) is 1. The smallest absolute Gasteiger partial charge is 0.154 e. The first-order chi connectivity index (χ1) is 7.69. The molecule has 7 heteroatoms. The average molecular weight is 322 g/mol. The summed E-state index contributed by atoms with van der Waals surface area (Å²) in [6.45, 7) is 4.11. The van der Waals surface area contributed by atoms with Gasteiger partial charge >= 0.3 is 0 Å². The van der Waals surface area contributed by atoms with Gasteiger partial charge in [0.15, 0.2) is 9.84 Å². The van der Waals surface area contributed by atoms with E-state index in [4.69, 9.17) is 5.73 Å². The Morgan fingerprint density at radius 2 is 1.94 bits per heavy atom. The van der Waals surface area contributed by atoms with Crippen LogP contribution in [-0.2, 0) is 22.0 Å². The van der Waals surface area contributed by atoms with Crippen molar-refractivity contribution in [3.8, 4) is 0 Å². The van der Waals surface area contributed by atoms with Gasteiger partial charge in [0.25, 0.3) is 0 Å². The van der Waals surface area contributed by atoms with Crippen molar-refractivity contribution in [1.29, 1.82) is 0 Å². The van der Waals surface area contributed by atoms with Crippen LogP contribution < -0.4 is 5.73 Å². The van der Waals surface area contributed by atoms with E-state index in [-0.39, 0.29) is 17.4 Å². The number of nitrogen functional groups attached to an aromatic ring is 1. The van der Waals surface area contributed by atoms with Gasteiger partial charge in [-0.15, -0.1) is 0 Å². The fourth-order valence-corrected chi connectivity index (χ4v) is 2.32. The quantitative estimate of drug-likeness (QED) is 0.909. The third kappa shape index (κ3) is 4.59. The number of anilines is 1. The zero-order valence-corrected chi connectivity index (χ0v) is 12.5. The molecule has 0 aliphatic carbocycles. The van der Waals surface area contributed by atoms with Crippen molar-refractivity contribution in [2.24, 2.45) is 5.92 Å². The molecule has 0 fully saturated rings. The van der Waals surface area contributed by atoms with Gasteiger partial charge in [-0.3, -0.25) is 0 Å². The zero-order chi connectivity index (χ0) is 13.2. The number of hydrogen-bond acceptors (Lipinski definition) is 5. The SMILES string of the molecule is CC(C)Cc1nc(CS(C)(=O)=O)nc(N)c1Br. The van der Waals surface area contributed by atoms with Gasteiger partial charge in [0.1, 0.15) is 17.4 Å². The molecule has 0 saturated carbocycles. The summed E-state index contributed by atoms with van der Waals surface area (Å²) in [5.74, 6) is 0.764. The summed E-state index contributed by atoms with van der Waals surface area (Å²) in [5, 5.41) is 0. The number of halogens is 1. The normalized spacial score (nSPS) is 12.1. The summed E-state index contributed by atoms with van der Waals surface area (Å²) < 4.78 is 23.1. The molecular formula is C10H16BrN3O2S. The van der Waals surface area contributed by atoms with Crippen LogP contribution in [0.2, 0.25) is 0 Å². The molecule has 0 amide bonds. The van der Waals surface area contributed by atoms with Gasteiger partial charge in [-0.25, -0.2) is 18.4 Å². The highest BCUT2D eigenvalue weighted by molar-refractivity contribution is 9.10. The fraction of sp³-hybridized carbons (Fsp3) is 0.600. The van der Waals surface area contributed by atoms with Crippen molar-refractivity contribution in [3.63, 3.8) is 0 Å². The molecule has 96 valence electrons. The molecule has 0 bridgehead atoms. The Morgan fingerprint density at radius 1 is 1.35 bits per heavy atom. The van der Waals surface area contributed by atoms with Crippen molar-refractivity contribution in [1.82, 2.24) is 9.97 Å². The first kappa shape index (κ1) is 14.4. The first-order valence-corrected chi connectivity index (χ1v) is 8.03. The second-order valence-electron chi connectivity index (χ2n) is 4.45. The predicted octanol–water partition coefficient (Wildman–Crippen LogP) is 1.56. The number of nitrogens with zero attached hydrogens (tertiary/aromatic N) is 2. The monoisotopic (exact) mass is 321 g/mol. The molecule has 0 spiro atoms. The van der Waals surface area contributed by atoms with Crippen molar-refractivity contribution >= 4 is 31.6 Å². The largest absolute Gasteiger partial charge is 0.383 e. The van der Waals surface area contributed by atoms with Gasteiger partial charge in [0.05, 0.1) is 10.2 Å². The lowest BCUT2D eigenvalue weighted by molar-refractivity contribution is 0.598. The Balaban J connectivity index is 3.14. The van der Waals surface area contributed by atoms with Crippen LogP contribution >= 0.6 is 15.9 Å². The lowest BCUT2D eigenvalue weighted by atomic mass is 10.1. The molecule has 2 N–H and O–H groups in total. The summed E-state index contributed by atoms with van der Waals surface area (Å²) in [5.41, 5.74) is 6.48. The molecule has 0 saturated heterocycles. The van der Waals surface area contributed by atoms with E-state index in [1.54, 1.807) is 0 Å². The maximum Gasteiger partial charge on any atom is 0.154 e. The van der Waals surface area contributed by atoms with Crippen LogP contribution in [-0.4, -0.2) is 24.6 Å². The van der Waals surface area contributed by atoms with Gasteiger partial charge in [-0.05, 0) is 28.3 Å². The van der Waals surface area contributed by atoms with E-state index in [9.17, 15) is 8.42 Å². The maximum absolute atomic E-state index is 11.2. The highest BCUT2D eigenvalue weighted by Gasteiger charge is 2.14. The average Bonchev–Trinajstić information content (AvgIpc) is 2.09. The molecule has 5 nitrogen and oxygen atoms in total. The minimum atomic E-state index is -3.15. The molecule has 1 heterocycles. The van der Waals surface area contributed by atoms with Gasteiger partial charge in [-0.2, -0.15) is 0 Å². The number of hydrogen-bond donors (Lipinski definition) is 1. The molecule has 0 aliphatic rings. The van der Waals surface area contributed by atoms with Crippen molar-refractivity contribution < 1.29 is 8.42 Å². The highest BCUT2D eigenvalue weighted by atomic mass is 79.9. The van der Waals surface area contributed by atoms with E-state index >= 15 is 0 Å². The lowest BCUT2D eigenvalue weighted by Crippen LogP contribution is -2.11. The maximum atomic E-state index is 11.2. The van der Waals surface area contributed by atoms with Crippen LogP contribution in [0, 0.1) is 5.92 Å². The third-order valence-electron chi connectivity index (χ3n) is 1.98. The Hall–Kier alpha value is -0.690. The molecule has 0 aliphatic heterocycles. The molecule has 1 aromatic heterocycles. The van der Waals surface area contributed by atoms with E-state index in [0.717, 1.165) is 18.4 Å². The second-order valence-corrected chi connectivity index (χ2v) is 7.39. The molecule has 0 aromatic carbocycles. The zero-order valence-electron chi connectivity index (χ0n) is 10.1. The molecule has 17 heavy (non-hydrogen) atoms. The summed E-state index contributed by atoms with van der Waals surface area (Å²) in [4.78, 5) is 8.21. The van der Waals surface area contributed by atoms with E-state index in [2.05, 4.69) is 39.7 Å². The molecule has 0 atom stereocenters. The minimum absolute atomic E-state index is 0.185. The van der Waals surface area contributed by atoms with E-state index < -0.39 is 9.84 Å². The minimum Gasteiger partial charge on any atom is -0.383 e. The molecule has 0 unspecified atom stereocenters. The van der Waals surface area contributed by atoms with Crippen LogP contribution in [0.5, 0.6) is 0 Å². The Labute approximate surface area is 110 Å². The first-order valence-electron chi connectivity index (χ1n) is 5.17. The van der Waals surface area contributed by atoms with E-state index in [1.165, 1.54) is 0 Å². The molecule has 1 aromatic rings. The molecule has 0 radical (unpaired) electrons. The van der Waals surface area contributed by atoms with Gasteiger partial charge in [0.2, 0.25) is 0 Å². The standard InChI is InChI=1S/C10H16BrN3O2S/c1-6(2)4-7-9(11)10(12)14-8(13-7)5-17(3,15)16/h6H,4-5H2,1-3H3,(H2,12,13,14). The summed E-state index contributed by atoms with van der Waals surface area (Å²) in [6.07, 6.45) is 1.88. The van der Waals surface area contributed by atoms with Crippen molar-refractivity contribution in [2.75, 3.05) is 12.0 Å². The van der Waals surface area contributed by atoms with Crippen molar-refractivity contribution in [3.05, 3.63) is 16.0 Å². The van der Waals surface area contributed by atoms with Crippen LogP contribution in [0.4, 0.5) is 5.82 Å². The summed E-state index contributed by atoms with van der Waals surface area (Å²) >= 11 is 3.32. The number of aromatic nitrogens is 2. The lowest BCUT2D eigenvalue weighted by Gasteiger charge is -2.10. The van der Waals surface area contributed by atoms with E-state index in [1.807, 2.05) is 0 Å². The van der Waals surface area contributed by atoms with Crippen LogP contribution in [0.1, 0.15) is 25.4 Å². The summed E-state index contributed by atoms with van der Waals surface area (Å²) in [6, 6.07) is 0. The van der Waals surface area contributed by atoms with Gasteiger partial charge < -0.3 is 5.73 Å². The predicted molar refractivity (Wildman–Crippen MR) is 71.2 cm³/mol. The molecular weight excluding hydrogens is 306 g/mol. The Morgan fingerprint density at radius 3 is 2.41 bits per heavy atom. The Kier molecular flexibility index (Phi) is 4.48. The van der Waals surface area contributed by atoms with E-state index in [0.29, 0.717) is 10.4 Å². The van der Waals surface area contributed by atoms with Crippen LogP contribution in [0.3, 0.4) is 0 Å². The fourth-order valence-electron chi connectivity index (χ4n) is 1.39. The second kappa shape index (κ2) is 5.30. The third-order valence-corrected chi connectivity index (χ3v) is 3.63. The molecule has 1 rings (SSSR count). The highest BCUT2D eigenvalue weighted by Crippen LogP contribution is 2.23.